The molecule has 1 aliphatic rings. The van der Waals surface area contributed by atoms with Gasteiger partial charge in [-0.15, -0.1) is 0 Å². The summed E-state index contributed by atoms with van der Waals surface area (Å²) in [4.78, 5) is 15.0. The maximum absolute atomic E-state index is 5.04. The zero-order valence-electron chi connectivity index (χ0n) is 30.8. The second-order valence-electron chi connectivity index (χ2n) is 14.9. The van der Waals surface area contributed by atoms with Gasteiger partial charge in [-0.25, -0.2) is 15.0 Å². The van der Waals surface area contributed by atoms with E-state index < -0.39 is 0 Å². The Morgan fingerprint density at radius 3 is 1.32 bits per heavy atom. The van der Waals surface area contributed by atoms with Crippen LogP contribution >= 0.6 is 0 Å². The molecule has 0 radical (unpaired) electrons. The average Bonchev–Trinajstić information content (AvgIpc) is 3.94. The molecule has 5 nitrogen and oxygen atoms in total. The summed E-state index contributed by atoms with van der Waals surface area (Å²) in [5.41, 5.74) is 15.1. The van der Waals surface area contributed by atoms with Gasteiger partial charge in [-0.05, 0) is 83.3 Å². The number of aromatic nitrogens is 5. The molecule has 3 heterocycles. The Morgan fingerprint density at radius 2 is 0.737 bits per heavy atom. The Kier molecular flexibility index (Phi) is 6.92. The van der Waals surface area contributed by atoms with E-state index in [2.05, 4.69) is 137 Å². The zero-order chi connectivity index (χ0) is 37.5. The number of hydrogen-bond donors (Lipinski definition) is 0. The fourth-order valence-electron chi connectivity index (χ4n) is 8.95. The maximum Gasteiger partial charge on any atom is 0.164 e. The van der Waals surface area contributed by atoms with Crippen LogP contribution in [0.25, 0.3) is 100 Å². The van der Waals surface area contributed by atoms with Crippen molar-refractivity contribution in [3.05, 3.63) is 199 Å². The molecule has 12 rings (SSSR count). The van der Waals surface area contributed by atoms with Crippen LogP contribution in [0.5, 0.6) is 0 Å². The largest absolute Gasteiger partial charge is 0.309 e. The van der Waals surface area contributed by atoms with Crippen molar-refractivity contribution >= 4 is 43.6 Å². The first-order chi connectivity index (χ1) is 28.2. The van der Waals surface area contributed by atoms with Gasteiger partial charge in [-0.1, -0.05) is 133 Å². The first-order valence-electron chi connectivity index (χ1n) is 19.4. The second kappa shape index (κ2) is 12.4. The van der Waals surface area contributed by atoms with Gasteiger partial charge in [0.1, 0.15) is 0 Å². The highest BCUT2D eigenvalue weighted by atomic mass is 15.0. The lowest BCUT2D eigenvalue weighted by atomic mass is 10.0. The zero-order valence-corrected chi connectivity index (χ0v) is 30.8. The molecule has 0 fully saturated rings. The SMILES string of the molecule is c1ccc(-c2nc(-c3ccccc3)nc(-c3ccc4c(c3)-c3cc(-n5c6ccccc6c6cc(-n7c8ccccc8c8ccccc87)ccc65)ccc3C4)n2)cc1. The minimum absolute atomic E-state index is 0.662. The highest BCUT2D eigenvalue weighted by molar-refractivity contribution is 6.12. The molecule has 0 saturated carbocycles. The lowest BCUT2D eigenvalue weighted by Crippen LogP contribution is -2.00. The van der Waals surface area contributed by atoms with Gasteiger partial charge in [-0.3, -0.25) is 0 Å². The third-order valence-electron chi connectivity index (χ3n) is 11.6. The van der Waals surface area contributed by atoms with Crippen LogP contribution in [0.1, 0.15) is 11.1 Å². The van der Waals surface area contributed by atoms with Crippen molar-refractivity contribution < 1.29 is 0 Å². The molecule has 0 aliphatic heterocycles. The van der Waals surface area contributed by atoms with Crippen LogP contribution in [0, 0.1) is 0 Å². The fraction of sp³-hybridized carbons (Fsp3) is 0.0192. The van der Waals surface area contributed by atoms with Gasteiger partial charge in [-0.2, -0.15) is 0 Å². The van der Waals surface area contributed by atoms with Crippen molar-refractivity contribution in [2.75, 3.05) is 0 Å². The van der Waals surface area contributed by atoms with Crippen molar-refractivity contribution in [2.45, 2.75) is 6.42 Å². The summed E-state index contributed by atoms with van der Waals surface area (Å²) in [5.74, 6) is 1.99. The third-order valence-corrected chi connectivity index (χ3v) is 11.6. The summed E-state index contributed by atoms with van der Waals surface area (Å²) in [6, 6.07) is 67.1. The molecule has 0 spiro atoms. The van der Waals surface area contributed by atoms with Gasteiger partial charge >= 0.3 is 0 Å². The van der Waals surface area contributed by atoms with Gasteiger partial charge in [0.15, 0.2) is 17.5 Å². The highest BCUT2D eigenvalue weighted by Crippen LogP contribution is 2.42. The molecule has 8 aromatic carbocycles. The van der Waals surface area contributed by atoms with E-state index in [0.29, 0.717) is 17.5 Å². The van der Waals surface area contributed by atoms with Crippen molar-refractivity contribution in [1.29, 1.82) is 0 Å². The number of fused-ring (bicyclic) bond motifs is 9. The van der Waals surface area contributed by atoms with Crippen LogP contribution in [0.15, 0.2) is 188 Å². The monoisotopic (exact) mass is 727 g/mol. The highest BCUT2D eigenvalue weighted by Gasteiger charge is 2.23. The average molecular weight is 728 g/mol. The smallest absolute Gasteiger partial charge is 0.164 e. The van der Waals surface area contributed by atoms with Gasteiger partial charge in [0.2, 0.25) is 0 Å². The van der Waals surface area contributed by atoms with E-state index in [-0.39, 0.29) is 0 Å². The molecule has 11 aromatic rings. The lowest BCUT2D eigenvalue weighted by Gasteiger charge is -2.12. The molecule has 0 atom stereocenters. The first-order valence-corrected chi connectivity index (χ1v) is 19.4. The second-order valence-corrected chi connectivity index (χ2v) is 14.9. The van der Waals surface area contributed by atoms with Crippen LogP contribution < -0.4 is 0 Å². The topological polar surface area (TPSA) is 48.5 Å². The Labute approximate surface area is 328 Å². The van der Waals surface area contributed by atoms with E-state index in [0.717, 1.165) is 34.5 Å². The number of rotatable bonds is 5. The van der Waals surface area contributed by atoms with Crippen molar-refractivity contribution in [3.8, 4) is 56.7 Å². The van der Waals surface area contributed by atoms with Crippen molar-refractivity contribution in [3.63, 3.8) is 0 Å². The molecular formula is C52H33N5. The Morgan fingerprint density at radius 1 is 0.316 bits per heavy atom. The van der Waals surface area contributed by atoms with E-state index in [1.54, 1.807) is 0 Å². The van der Waals surface area contributed by atoms with E-state index in [1.807, 2.05) is 60.7 Å². The van der Waals surface area contributed by atoms with Gasteiger partial charge in [0.25, 0.3) is 0 Å². The van der Waals surface area contributed by atoms with E-state index in [4.69, 9.17) is 15.0 Å². The van der Waals surface area contributed by atoms with Gasteiger partial charge in [0.05, 0.1) is 22.1 Å². The lowest BCUT2D eigenvalue weighted by molar-refractivity contribution is 1.07. The fourth-order valence-corrected chi connectivity index (χ4v) is 8.95. The molecule has 3 aromatic heterocycles. The van der Waals surface area contributed by atoms with E-state index in [9.17, 15) is 0 Å². The molecule has 57 heavy (non-hydrogen) atoms. The standard InChI is InChI=1S/C52H33N5/c1-3-13-33(14-4-1)50-53-51(34-15-5-2-6-16-34)55-52(54-50)37-24-23-35-29-36-25-26-38(31-44(36)43(35)30-37)57-48-22-12-9-19-42(48)45-32-39(27-28-49(45)57)56-46-20-10-7-17-40(46)41-18-8-11-21-47(41)56/h1-28,30-32H,29H2. The van der Waals surface area contributed by atoms with E-state index >= 15 is 0 Å². The Bertz CT molecular complexity index is 3270. The van der Waals surface area contributed by atoms with Crippen molar-refractivity contribution in [2.24, 2.45) is 0 Å². The number of hydrogen-bond acceptors (Lipinski definition) is 3. The molecular weight excluding hydrogens is 695 g/mol. The molecule has 266 valence electrons. The molecule has 0 amide bonds. The predicted octanol–water partition coefficient (Wildman–Crippen LogP) is 12.6. The molecule has 5 heteroatoms. The normalized spacial score (nSPS) is 12.1. The van der Waals surface area contributed by atoms with Crippen LogP contribution in [0.2, 0.25) is 0 Å². The summed E-state index contributed by atoms with van der Waals surface area (Å²) in [6.45, 7) is 0. The Hall–Kier alpha value is -7.63. The predicted molar refractivity (Wildman–Crippen MR) is 233 cm³/mol. The maximum atomic E-state index is 5.04. The van der Waals surface area contributed by atoms with Crippen LogP contribution in [0.3, 0.4) is 0 Å². The van der Waals surface area contributed by atoms with Crippen LogP contribution in [-0.2, 0) is 6.42 Å². The Balaban J connectivity index is 0.997. The van der Waals surface area contributed by atoms with Crippen LogP contribution in [0.4, 0.5) is 0 Å². The van der Waals surface area contributed by atoms with Gasteiger partial charge in [0, 0.05) is 49.6 Å². The molecule has 1 aliphatic carbocycles. The minimum atomic E-state index is 0.662. The summed E-state index contributed by atoms with van der Waals surface area (Å²) in [6.07, 6.45) is 0.891. The first kappa shape index (κ1) is 31.7. The molecule has 0 saturated heterocycles. The van der Waals surface area contributed by atoms with Gasteiger partial charge < -0.3 is 9.13 Å². The van der Waals surface area contributed by atoms with Crippen molar-refractivity contribution in [1.82, 2.24) is 24.1 Å². The van der Waals surface area contributed by atoms with Crippen LogP contribution in [-0.4, -0.2) is 24.1 Å². The number of para-hydroxylation sites is 3. The quantitative estimate of drug-likeness (QED) is 0.177. The third kappa shape index (κ3) is 4.99. The number of benzene rings is 8. The minimum Gasteiger partial charge on any atom is -0.309 e. The molecule has 0 N–H and O–H groups in total. The number of nitrogens with zero attached hydrogens (tertiary/aromatic N) is 5. The summed E-state index contributed by atoms with van der Waals surface area (Å²) in [7, 11) is 0. The van der Waals surface area contributed by atoms with E-state index in [1.165, 1.54) is 65.9 Å². The summed E-state index contributed by atoms with van der Waals surface area (Å²) >= 11 is 0. The molecule has 0 bridgehead atoms. The summed E-state index contributed by atoms with van der Waals surface area (Å²) in [5, 5.41) is 4.99. The molecule has 0 unspecified atom stereocenters. The summed E-state index contributed by atoms with van der Waals surface area (Å²) < 4.78 is 4.82.